The Balaban J connectivity index is 0.00000226. The van der Waals surface area contributed by atoms with Gasteiger partial charge < -0.3 is 9.47 Å². The summed E-state index contributed by atoms with van der Waals surface area (Å²) in [6.45, 7) is 13.8. The summed E-state index contributed by atoms with van der Waals surface area (Å²) >= 11 is 0. The Labute approximate surface area is 256 Å². The maximum Gasteiger partial charge on any atom is 0.199 e. The molecule has 0 saturated heterocycles. The lowest BCUT2D eigenvalue weighted by Crippen LogP contribution is -2.47. The molecule has 0 amide bonds. The first kappa shape index (κ1) is 34.5. The van der Waals surface area contributed by atoms with Crippen molar-refractivity contribution in [3.8, 4) is 5.75 Å². The number of hydrogen-bond acceptors (Lipinski definition) is 2. The molecule has 236 valence electrons. The second kappa shape index (κ2) is 17.9. The van der Waals surface area contributed by atoms with Crippen molar-refractivity contribution in [1.82, 2.24) is 0 Å². The highest BCUT2D eigenvalue weighted by Gasteiger charge is 2.50. The molecule has 2 nitrogen and oxygen atoms in total. The minimum absolute atomic E-state index is 0.128. The summed E-state index contributed by atoms with van der Waals surface area (Å²) in [5.74, 6) is 3.85. The van der Waals surface area contributed by atoms with Crippen molar-refractivity contribution in [2.45, 2.75) is 176 Å². The van der Waals surface area contributed by atoms with Crippen LogP contribution in [-0.2, 0) is 11.2 Å². The standard InChI is InChI=1S/C37H62O2.C2H6/c1-5-38-35(39-34-25-23-30(24-26-34)27-29-36(2,3)4)22-15-28-37(31-16-9-6-10-17-31,32-18-11-7-12-19-32)33-20-13-8-14-21-33;1-2/h23-26,31-33,35H,5-22,27-29H2,1-4H3;1-2H3. The van der Waals surface area contributed by atoms with Crippen LogP contribution in [-0.4, -0.2) is 12.9 Å². The number of ether oxygens (including phenoxy) is 2. The van der Waals surface area contributed by atoms with Crippen LogP contribution in [0.4, 0.5) is 0 Å². The Bertz CT molecular complexity index is 742. The quantitative estimate of drug-likeness (QED) is 0.220. The number of aryl methyl sites for hydroxylation is 1. The van der Waals surface area contributed by atoms with E-state index in [0.29, 0.717) is 17.4 Å². The van der Waals surface area contributed by atoms with Gasteiger partial charge in [0.05, 0.1) is 0 Å². The monoisotopic (exact) mass is 569 g/mol. The van der Waals surface area contributed by atoms with Crippen LogP contribution in [0.15, 0.2) is 24.3 Å². The van der Waals surface area contributed by atoms with Gasteiger partial charge in [-0.2, -0.15) is 0 Å². The van der Waals surface area contributed by atoms with E-state index in [-0.39, 0.29) is 6.29 Å². The fraction of sp³-hybridized carbons (Fsp3) is 0.846. The molecule has 0 radical (unpaired) electrons. The van der Waals surface area contributed by atoms with Crippen LogP contribution in [0.25, 0.3) is 0 Å². The predicted octanol–water partition coefficient (Wildman–Crippen LogP) is 12.3. The summed E-state index contributed by atoms with van der Waals surface area (Å²) in [5.41, 5.74) is 2.35. The Hall–Kier alpha value is -1.02. The van der Waals surface area contributed by atoms with E-state index < -0.39 is 0 Å². The molecule has 1 atom stereocenters. The molecule has 3 fully saturated rings. The molecule has 1 aromatic carbocycles. The minimum Gasteiger partial charge on any atom is -0.465 e. The van der Waals surface area contributed by atoms with Crippen molar-refractivity contribution in [1.29, 1.82) is 0 Å². The Morgan fingerprint density at radius 3 is 1.56 bits per heavy atom. The van der Waals surface area contributed by atoms with Gasteiger partial charge in [0.15, 0.2) is 6.29 Å². The summed E-state index contributed by atoms with van der Waals surface area (Å²) < 4.78 is 12.7. The van der Waals surface area contributed by atoms with E-state index in [1.54, 1.807) is 0 Å². The van der Waals surface area contributed by atoms with E-state index in [0.717, 1.165) is 36.3 Å². The summed E-state index contributed by atoms with van der Waals surface area (Å²) in [6, 6.07) is 8.84. The molecule has 0 aromatic heterocycles. The third-order valence-corrected chi connectivity index (χ3v) is 10.9. The predicted molar refractivity (Wildman–Crippen MR) is 178 cm³/mol. The van der Waals surface area contributed by atoms with Gasteiger partial charge in [0.25, 0.3) is 0 Å². The highest BCUT2D eigenvalue weighted by Crippen LogP contribution is 2.59. The smallest absolute Gasteiger partial charge is 0.199 e. The maximum atomic E-state index is 6.48. The first-order valence-electron chi connectivity index (χ1n) is 18.3. The van der Waals surface area contributed by atoms with Crippen molar-refractivity contribution >= 4 is 0 Å². The van der Waals surface area contributed by atoms with Crippen LogP contribution in [0.3, 0.4) is 0 Å². The molecule has 3 aliphatic carbocycles. The summed E-state index contributed by atoms with van der Waals surface area (Å²) in [6.07, 6.45) is 28.1. The van der Waals surface area contributed by atoms with Crippen molar-refractivity contribution in [3.05, 3.63) is 29.8 Å². The van der Waals surface area contributed by atoms with Crippen molar-refractivity contribution in [2.75, 3.05) is 6.61 Å². The summed E-state index contributed by atoms with van der Waals surface area (Å²) in [7, 11) is 0. The zero-order chi connectivity index (χ0) is 29.6. The lowest BCUT2D eigenvalue weighted by atomic mass is 9.50. The zero-order valence-electron chi connectivity index (χ0n) is 28.3. The van der Waals surface area contributed by atoms with E-state index in [1.807, 2.05) is 13.8 Å². The van der Waals surface area contributed by atoms with Gasteiger partial charge in [-0.3, -0.25) is 0 Å². The van der Waals surface area contributed by atoms with Crippen LogP contribution < -0.4 is 4.74 Å². The van der Waals surface area contributed by atoms with Gasteiger partial charge in [-0.25, -0.2) is 0 Å². The Kier molecular flexibility index (Phi) is 15.1. The average molecular weight is 569 g/mol. The largest absolute Gasteiger partial charge is 0.465 e. The van der Waals surface area contributed by atoms with Crippen LogP contribution in [0, 0.1) is 28.6 Å². The third-order valence-electron chi connectivity index (χ3n) is 10.9. The van der Waals surface area contributed by atoms with E-state index in [9.17, 15) is 0 Å². The Morgan fingerprint density at radius 2 is 1.15 bits per heavy atom. The van der Waals surface area contributed by atoms with Gasteiger partial charge in [-0.15, -0.1) is 0 Å². The second-order valence-electron chi connectivity index (χ2n) is 14.7. The normalized spacial score (nSPS) is 20.7. The fourth-order valence-corrected chi connectivity index (χ4v) is 8.88. The van der Waals surface area contributed by atoms with Gasteiger partial charge in [0, 0.05) is 13.0 Å². The molecule has 0 bridgehead atoms. The highest BCUT2D eigenvalue weighted by molar-refractivity contribution is 5.27. The van der Waals surface area contributed by atoms with Crippen LogP contribution in [0.5, 0.6) is 5.75 Å². The first-order chi connectivity index (χ1) is 19.9. The zero-order valence-corrected chi connectivity index (χ0v) is 28.3. The van der Waals surface area contributed by atoms with E-state index >= 15 is 0 Å². The number of benzene rings is 1. The van der Waals surface area contributed by atoms with Crippen molar-refractivity contribution in [2.24, 2.45) is 28.6 Å². The molecule has 0 N–H and O–H groups in total. The average Bonchev–Trinajstić information content (AvgIpc) is 3.01. The highest BCUT2D eigenvalue weighted by atomic mass is 16.7. The Morgan fingerprint density at radius 1 is 0.683 bits per heavy atom. The first-order valence-corrected chi connectivity index (χ1v) is 18.3. The molecule has 3 aliphatic rings. The SMILES string of the molecule is CC.CCOC(CCCC(C1CCCCC1)(C1CCCCC1)C1CCCCC1)Oc1ccc(CCC(C)(C)C)cc1. The topological polar surface area (TPSA) is 18.5 Å². The van der Waals surface area contributed by atoms with E-state index in [2.05, 4.69) is 52.0 Å². The molecule has 2 heteroatoms. The molecule has 1 unspecified atom stereocenters. The molecule has 1 aromatic rings. The van der Waals surface area contributed by atoms with Gasteiger partial charge in [0.2, 0.25) is 0 Å². The molecule has 3 saturated carbocycles. The third kappa shape index (κ3) is 10.6. The van der Waals surface area contributed by atoms with E-state index in [4.69, 9.17) is 9.47 Å². The van der Waals surface area contributed by atoms with Gasteiger partial charge in [0.1, 0.15) is 5.75 Å². The lowest BCUT2D eigenvalue weighted by molar-refractivity contribution is -0.0918. The summed E-state index contributed by atoms with van der Waals surface area (Å²) in [5, 5.41) is 0. The molecular weight excluding hydrogens is 500 g/mol. The van der Waals surface area contributed by atoms with Crippen molar-refractivity contribution < 1.29 is 9.47 Å². The molecular formula is C39H68O2. The van der Waals surface area contributed by atoms with E-state index in [1.165, 1.54) is 121 Å². The molecule has 0 heterocycles. The lowest BCUT2D eigenvalue weighted by Gasteiger charge is -2.55. The van der Waals surface area contributed by atoms with Gasteiger partial charge in [-0.05, 0) is 117 Å². The minimum atomic E-state index is -0.128. The second-order valence-corrected chi connectivity index (χ2v) is 14.7. The molecule has 0 spiro atoms. The molecule has 41 heavy (non-hydrogen) atoms. The molecule has 0 aliphatic heterocycles. The molecule has 4 rings (SSSR count). The van der Waals surface area contributed by atoms with Crippen molar-refractivity contribution in [3.63, 3.8) is 0 Å². The number of hydrogen-bond donors (Lipinski definition) is 0. The maximum absolute atomic E-state index is 6.48. The van der Waals surface area contributed by atoms with Gasteiger partial charge >= 0.3 is 0 Å². The fourth-order valence-electron chi connectivity index (χ4n) is 8.88. The van der Waals surface area contributed by atoms with Crippen LogP contribution >= 0.6 is 0 Å². The number of rotatable bonds is 13. The van der Waals surface area contributed by atoms with Crippen LogP contribution in [0.1, 0.15) is 169 Å². The van der Waals surface area contributed by atoms with Crippen LogP contribution in [0.2, 0.25) is 0 Å². The van der Waals surface area contributed by atoms with Gasteiger partial charge in [-0.1, -0.05) is 105 Å². The summed E-state index contributed by atoms with van der Waals surface area (Å²) in [4.78, 5) is 0.